The Kier molecular flexibility index (Phi) is 3.96. The predicted octanol–water partition coefficient (Wildman–Crippen LogP) is 2.50. The first-order valence-corrected chi connectivity index (χ1v) is 7.60. The molecule has 0 bridgehead atoms. The number of hydrogen-bond acceptors (Lipinski definition) is 3. The van der Waals surface area contributed by atoms with Gasteiger partial charge in [0.15, 0.2) is 5.82 Å². The van der Waals surface area contributed by atoms with Crippen molar-refractivity contribution in [2.45, 2.75) is 32.4 Å². The van der Waals surface area contributed by atoms with Crippen LogP contribution < -0.4 is 11.2 Å². The summed E-state index contributed by atoms with van der Waals surface area (Å²) in [5.74, 6) is -3.18. The van der Waals surface area contributed by atoms with Gasteiger partial charge in [-0.25, -0.2) is 13.6 Å². The number of carboxylic acids is 1. The second-order valence-corrected chi connectivity index (χ2v) is 5.80. The average molecular weight is 334 g/mol. The highest BCUT2D eigenvalue weighted by molar-refractivity contribution is 5.94. The van der Waals surface area contributed by atoms with Gasteiger partial charge in [0.05, 0.1) is 16.5 Å². The third-order valence-electron chi connectivity index (χ3n) is 4.31. The topological polar surface area (TPSA) is 85.3 Å². The van der Waals surface area contributed by atoms with Gasteiger partial charge in [0, 0.05) is 18.8 Å². The Morgan fingerprint density at radius 2 is 2.17 bits per heavy atom. The smallest absolute Gasteiger partial charge is 0.341 e. The van der Waals surface area contributed by atoms with Crippen LogP contribution in [0.3, 0.4) is 0 Å². The molecule has 1 unspecified atom stereocenters. The maximum atomic E-state index is 15.0. The van der Waals surface area contributed by atoms with Crippen LogP contribution in [-0.2, 0) is 6.54 Å². The van der Waals surface area contributed by atoms with Crippen LogP contribution in [0.15, 0.2) is 23.1 Å². The summed E-state index contributed by atoms with van der Waals surface area (Å²) >= 11 is 0. The second kappa shape index (κ2) is 5.83. The monoisotopic (exact) mass is 334 g/mol. The normalized spacial score (nSPS) is 17.3. The summed E-state index contributed by atoms with van der Waals surface area (Å²) in [6.07, 6.45) is 3.76. The number of pyridine rings is 1. The van der Waals surface area contributed by atoms with E-state index >= 15 is 4.39 Å². The maximum Gasteiger partial charge on any atom is 0.341 e. The van der Waals surface area contributed by atoms with Gasteiger partial charge in [0.1, 0.15) is 11.4 Å². The van der Waals surface area contributed by atoms with Gasteiger partial charge in [-0.05, 0) is 31.4 Å². The SMILES string of the molecule is CCn1cc(C(=O)O)c(=O)c2cc(F)c(C3=CC(N)CC3)c(F)c21. The van der Waals surface area contributed by atoms with Gasteiger partial charge in [-0.3, -0.25) is 4.79 Å². The second-order valence-electron chi connectivity index (χ2n) is 5.80. The number of carboxylic acid groups (broad SMARTS) is 1. The van der Waals surface area contributed by atoms with Gasteiger partial charge < -0.3 is 15.4 Å². The molecule has 1 aliphatic rings. The van der Waals surface area contributed by atoms with E-state index in [1.807, 2.05) is 0 Å². The van der Waals surface area contributed by atoms with E-state index < -0.39 is 28.6 Å². The summed E-state index contributed by atoms with van der Waals surface area (Å²) in [7, 11) is 0. The number of carbonyl (C=O) groups is 1. The molecule has 5 nitrogen and oxygen atoms in total. The van der Waals surface area contributed by atoms with E-state index in [0.717, 1.165) is 12.3 Å². The molecule has 2 aromatic rings. The number of aromatic nitrogens is 1. The number of halogens is 2. The molecule has 0 fully saturated rings. The summed E-state index contributed by atoms with van der Waals surface area (Å²) in [6, 6.07) is 0.663. The predicted molar refractivity (Wildman–Crippen MR) is 85.9 cm³/mol. The number of fused-ring (bicyclic) bond motifs is 1. The molecule has 0 saturated heterocycles. The van der Waals surface area contributed by atoms with Crippen molar-refractivity contribution in [2.75, 3.05) is 0 Å². The maximum absolute atomic E-state index is 15.0. The number of aromatic carboxylic acids is 1. The standard InChI is InChI=1S/C17H16F2N2O3/c1-2-21-7-11(17(23)24)16(22)10-6-12(18)13(14(19)15(10)21)8-3-4-9(20)5-8/h5-7,9H,2-4,20H2,1H3,(H,23,24). The minimum atomic E-state index is -1.43. The summed E-state index contributed by atoms with van der Waals surface area (Å²) in [4.78, 5) is 23.5. The molecule has 0 radical (unpaired) electrons. The summed E-state index contributed by atoms with van der Waals surface area (Å²) in [6.45, 7) is 1.92. The number of nitrogens with zero attached hydrogens (tertiary/aromatic N) is 1. The Morgan fingerprint density at radius 3 is 2.71 bits per heavy atom. The first-order chi connectivity index (χ1) is 11.3. The molecule has 1 heterocycles. The van der Waals surface area contributed by atoms with E-state index in [9.17, 15) is 14.0 Å². The van der Waals surface area contributed by atoms with E-state index in [1.54, 1.807) is 13.0 Å². The van der Waals surface area contributed by atoms with Crippen LogP contribution in [0.5, 0.6) is 0 Å². The molecule has 1 aromatic carbocycles. The molecule has 1 aromatic heterocycles. The molecule has 7 heteroatoms. The van der Waals surface area contributed by atoms with E-state index in [1.165, 1.54) is 4.57 Å². The molecule has 0 spiro atoms. The third-order valence-corrected chi connectivity index (χ3v) is 4.31. The molecule has 0 aliphatic heterocycles. The van der Waals surface area contributed by atoms with Crippen LogP contribution in [0.25, 0.3) is 16.5 Å². The van der Waals surface area contributed by atoms with E-state index in [-0.39, 0.29) is 29.1 Å². The Labute approximate surface area is 136 Å². The Bertz CT molecular complexity index is 947. The van der Waals surface area contributed by atoms with Crippen molar-refractivity contribution < 1.29 is 18.7 Å². The van der Waals surface area contributed by atoms with Gasteiger partial charge in [-0.15, -0.1) is 0 Å². The zero-order chi connectivity index (χ0) is 17.6. The lowest BCUT2D eigenvalue weighted by atomic mass is 10.00. The molecule has 0 amide bonds. The fourth-order valence-corrected chi connectivity index (χ4v) is 3.14. The van der Waals surface area contributed by atoms with Crippen LogP contribution in [0.1, 0.15) is 35.7 Å². The van der Waals surface area contributed by atoms with Crippen molar-refractivity contribution in [3.63, 3.8) is 0 Å². The van der Waals surface area contributed by atoms with Crippen LogP contribution in [0, 0.1) is 11.6 Å². The lowest BCUT2D eigenvalue weighted by Crippen LogP contribution is -2.20. The summed E-state index contributed by atoms with van der Waals surface area (Å²) < 4.78 is 30.8. The molecule has 3 N–H and O–H groups in total. The molecule has 3 rings (SSSR count). The van der Waals surface area contributed by atoms with Crippen molar-refractivity contribution in [1.29, 1.82) is 0 Å². The zero-order valence-electron chi connectivity index (χ0n) is 13.0. The van der Waals surface area contributed by atoms with Crippen molar-refractivity contribution in [3.05, 3.63) is 51.3 Å². The Morgan fingerprint density at radius 1 is 1.46 bits per heavy atom. The number of rotatable bonds is 3. The third kappa shape index (κ3) is 2.41. The van der Waals surface area contributed by atoms with Crippen LogP contribution in [-0.4, -0.2) is 21.7 Å². The van der Waals surface area contributed by atoms with Gasteiger partial charge in [0.2, 0.25) is 5.43 Å². The molecular formula is C17H16F2N2O3. The minimum Gasteiger partial charge on any atom is -0.477 e. The molecule has 1 atom stereocenters. The summed E-state index contributed by atoms with van der Waals surface area (Å²) in [5, 5.41) is 8.84. The zero-order valence-corrected chi connectivity index (χ0v) is 13.0. The molecule has 126 valence electrons. The number of benzene rings is 1. The van der Waals surface area contributed by atoms with Crippen molar-refractivity contribution >= 4 is 22.4 Å². The number of hydrogen-bond donors (Lipinski definition) is 2. The van der Waals surface area contributed by atoms with Crippen molar-refractivity contribution in [3.8, 4) is 0 Å². The fourth-order valence-electron chi connectivity index (χ4n) is 3.14. The van der Waals surface area contributed by atoms with E-state index in [4.69, 9.17) is 10.8 Å². The summed E-state index contributed by atoms with van der Waals surface area (Å²) in [5.41, 5.74) is 4.53. The molecule has 0 saturated carbocycles. The first kappa shape index (κ1) is 16.3. The quantitative estimate of drug-likeness (QED) is 0.903. The van der Waals surface area contributed by atoms with E-state index in [0.29, 0.717) is 18.4 Å². The Hall–Kier alpha value is -2.54. The highest BCUT2D eigenvalue weighted by Crippen LogP contribution is 2.34. The number of allylic oxidation sites excluding steroid dienone is 1. The van der Waals surface area contributed by atoms with E-state index in [2.05, 4.69) is 0 Å². The van der Waals surface area contributed by atoms with Gasteiger partial charge in [-0.1, -0.05) is 6.08 Å². The number of aryl methyl sites for hydroxylation is 1. The average Bonchev–Trinajstić information content (AvgIpc) is 2.94. The lowest BCUT2D eigenvalue weighted by molar-refractivity contribution is 0.0695. The Balaban J connectivity index is 2.41. The van der Waals surface area contributed by atoms with Crippen molar-refractivity contribution in [2.24, 2.45) is 5.73 Å². The molecule has 1 aliphatic carbocycles. The van der Waals surface area contributed by atoms with Gasteiger partial charge >= 0.3 is 5.97 Å². The minimum absolute atomic E-state index is 0.0923. The largest absolute Gasteiger partial charge is 0.477 e. The molecular weight excluding hydrogens is 318 g/mol. The first-order valence-electron chi connectivity index (χ1n) is 7.60. The van der Waals surface area contributed by atoms with Gasteiger partial charge in [0.25, 0.3) is 0 Å². The lowest BCUT2D eigenvalue weighted by Gasteiger charge is -2.14. The highest BCUT2D eigenvalue weighted by Gasteiger charge is 2.25. The number of nitrogens with two attached hydrogens (primary N) is 1. The van der Waals surface area contributed by atoms with Crippen LogP contribution in [0.4, 0.5) is 8.78 Å². The fraction of sp³-hybridized carbons (Fsp3) is 0.294. The highest BCUT2D eigenvalue weighted by atomic mass is 19.1. The molecule has 24 heavy (non-hydrogen) atoms. The van der Waals surface area contributed by atoms with Crippen LogP contribution >= 0.6 is 0 Å². The van der Waals surface area contributed by atoms with Crippen LogP contribution in [0.2, 0.25) is 0 Å². The van der Waals surface area contributed by atoms with Gasteiger partial charge in [-0.2, -0.15) is 0 Å². The van der Waals surface area contributed by atoms with Crippen molar-refractivity contribution in [1.82, 2.24) is 4.57 Å².